The molecule has 5 rings (SSSR count). The molecule has 3 aromatic rings. The van der Waals surface area contributed by atoms with Crippen LogP contribution in [0, 0.1) is 24.4 Å². The minimum atomic E-state index is -3.69. The summed E-state index contributed by atoms with van der Waals surface area (Å²) in [6.45, 7) is 8.72. The number of rotatable bonds is 13. The van der Waals surface area contributed by atoms with Crippen LogP contribution in [0.4, 0.5) is 24.8 Å². The number of sulfonamides is 1. The fourth-order valence-electron chi connectivity index (χ4n) is 6.66. The van der Waals surface area contributed by atoms with Crippen LogP contribution in [0.25, 0.3) is 0 Å². The van der Waals surface area contributed by atoms with Crippen molar-refractivity contribution in [2.24, 2.45) is 5.14 Å². The molecule has 1 amide bonds. The Labute approximate surface area is 296 Å². The summed E-state index contributed by atoms with van der Waals surface area (Å²) in [6, 6.07) is 9.44. The van der Waals surface area contributed by atoms with E-state index in [0.29, 0.717) is 36.1 Å². The number of amides is 1. The fourth-order valence-corrected chi connectivity index (χ4v) is 7.45. The zero-order valence-electron chi connectivity index (χ0n) is 28.3. The van der Waals surface area contributed by atoms with E-state index in [1.54, 1.807) is 6.92 Å². The van der Waals surface area contributed by atoms with E-state index in [2.05, 4.69) is 37.2 Å². The monoisotopic (exact) mass is 736 g/mol. The van der Waals surface area contributed by atoms with Crippen LogP contribution in [0.5, 0.6) is 0 Å². The highest BCUT2D eigenvalue weighted by Gasteiger charge is 2.35. The van der Waals surface area contributed by atoms with Crippen LogP contribution in [0.1, 0.15) is 59.8 Å². The topological polar surface area (TPSA) is 137 Å². The zero-order valence-corrected chi connectivity index (χ0v) is 29.8. The number of nitrogens with two attached hydrogens (primary N) is 1. The molecule has 1 aromatic heterocycles. The molecule has 272 valence electrons. The molecule has 16 heteroatoms. The predicted molar refractivity (Wildman–Crippen MR) is 188 cm³/mol. The number of aromatic nitrogens is 2. The summed E-state index contributed by atoms with van der Waals surface area (Å²) in [5, 5.41) is 10.8. The first kappa shape index (κ1) is 37.7. The number of hydrogen-bond acceptors (Lipinski definition) is 9. The molecule has 0 aliphatic carbocycles. The van der Waals surface area contributed by atoms with Crippen molar-refractivity contribution in [3.63, 3.8) is 0 Å². The normalized spacial score (nSPS) is 18.0. The minimum absolute atomic E-state index is 0.0173. The number of benzene rings is 2. The molecule has 2 saturated heterocycles. The molecule has 3 heterocycles. The Balaban J connectivity index is 1.27. The summed E-state index contributed by atoms with van der Waals surface area (Å²) in [5.41, 5.74) is 2.07. The molecule has 0 saturated carbocycles. The number of halogens is 4. The van der Waals surface area contributed by atoms with Crippen LogP contribution in [0.3, 0.4) is 0 Å². The second-order valence-corrected chi connectivity index (χ2v) is 15.0. The molecule has 11 nitrogen and oxygen atoms in total. The maximum Gasteiger partial charge on any atom is 0.273 e. The lowest BCUT2D eigenvalue weighted by molar-refractivity contribution is 0.0610. The first-order valence-corrected chi connectivity index (χ1v) is 18.9. The Morgan fingerprint density at radius 3 is 2.40 bits per heavy atom. The van der Waals surface area contributed by atoms with E-state index in [-0.39, 0.29) is 53.8 Å². The van der Waals surface area contributed by atoms with Gasteiger partial charge in [0.2, 0.25) is 10.0 Å². The van der Waals surface area contributed by atoms with Crippen molar-refractivity contribution in [2.75, 3.05) is 55.2 Å². The molecule has 2 fully saturated rings. The van der Waals surface area contributed by atoms with Crippen LogP contribution in [0.15, 0.2) is 36.4 Å². The van der Waals surface area contributed by atoms with Crippen LogP contribution < -0.4 is 20.7 Å². The number of primary sulfonamides is 1. The number of anilines is 2. The lowest BCUT2D eigenvalue weighted by Crippen LogP contribution is -2.58. The summed E-state index contributed by atoms with van der Waals surface area (Å²) in [6.07, 6.45) is 3.04. The van der Waals surface area contributed by atoms with Gasteiger partial charge in [0, 0.05) is 51.4 Å². The van der Waals surface area contributed by atoms with Crippen LogP contribution in [-0.2, 0) is 23.1 Å². The number of nitrogens with zero attached hydrogens (tertiary/aromatic N) is 5. The first-order chi connectivity index (χ1) is 23.8. The van der Waals surface area contributed by atoms with Crippen molar-refractivity contribution in [1.29, 1.82) is 0 Å². The largest absolute Gasteiger partial charge is 0.364 e. The number of carbonyl (C=O) groups excluding carboxylic acids is 1. The summed E-state index contributed by atoms with van der Waals surface area (Å²) < 4.78 is 63.8. The van der Waals surface area contributed by atoms with Crippen molar-refractivity contribution in [3.05, 3.63) is 81.4 Å². The molecule has 50 heavy (non-hydrogen) atoms. The van der Waals surface area contributed by atoms with E-state index >= 15 is 0 Å². The van der Waals surface area contributed by atoms with Gasteiger partial charge in [0.15, 0.2) is 34.1 Å². The summed E-state index contributed by atoms with van der Waals surface area (Å²) in [4.78, 5) is 29.4. The Bertz CT molecular complexity index is 1780. The lowest BCUT2D eigenvalue weighted by Gasteiger charge is -2.47. The second kappa shape index (κ2) is 16.7. The fraction of sp³-hybridized carbons (Fsp3) is 0.500. The Morgan fingerprint density at radius 1 is 1.00 bits per heavy atom. The molecule has 0 radical (unpaired) electrons. The number of nitrogens with one attached hydrogen (secondary N) is 2. The van der Waals surface area contributed by atoms with Crippen LogP contribution in [-0.4, -0.2) is 91.2 Å². The van der Waals surface area contributed by atoms with E-state index in [1.165, 1.54) is 12.1 Å². The number of aryl methyl sites for hydroxylation is 1. The number of carbonyl (C=O) groups is 1. The summed E-state index contributed by atoms with van der Waals surface area (Å²) in [5.74, 6) is -2.61. The maximum atomic E-state index is 13.9. The average molecular weight is 737 g/mol. The van der Waals surface area contributed by atoms with Gasteiger partial charge in [-0.05, 0) is 80.6 Å². The van der Waals surface area contributed by atoms with E-state index in [4.69, 9.17) is 21.7 Å². The molecule has 0 unspecified atom stereocenters. The van der Waals surface area contributed by atoms with Gasteiger partial charge in [-0.3, -0.25) is 14.6 Å². The predicted octanol–water partition coefficient (Wildman–Crippen LogP) is 4.44. The van der Waals surface area contributed by atoms with Crippen molar-refractivity contribution < 1.29 is 26.4 Å². The molecule has 1 atom stereocenters. The SMILES string of the molecule is CC[C@H]1CN(c2nc(NCc3ccc(F)c(F)c3)c(C(=O)NCCCS(N)(=O)=O)nc2Cl)CCN1C1CCN(Cc2ccc(F)c(C)c2)CC1. The molecule has 0 bridgehead atoms. The molecule has 4 N–H and O–H groups in total. The highest BCUT2D eigenvalue weighted by atomic mass is 35.5. The zero-order chi connectivity index (χ0) is 36.0. The highest BCUT2D eigenvalue weighted by molar-refractivity contribution is 7.89. The summed E-state index contributed by atoms with van der Waals surface area (Å²) in [7, 11) is -3.69. The Kier molecular flexibility index (Phi) is 12.6. The van der Waals surface area contributed by atoms with Gasteiger partial charge in [-0.25, -0.2) is 36.7 Å². The third-order valence-electron chi connectivity index (χ3n) is 9.34. The van der Waals surface area contributed by atoms with E-state index in [1.807, 2.05) is 12.1 Å². The standard InChI is InChI=1S/C34H44ClF3N8O3S/c1-3-25-21-45(14-15-46(25)26-9-12-44(13-10-26)20-24-6-7-27(36)22(2)17-24)33-31(35)42-30(34(47)40-11-4-16-50(39,48)49)32(43-33)41-19-23-5-8-28(37)29(38)18-23/h5-8,17-18,25-26H,3-4,9-16,19-21H2,1-2H3,(H,40,47)(H,41,43)(H2,39,48,49)/t25-/m0/s1. The number of likely N-dealkylation sites (tertiary alicyclic amines) is 1. The average Bonchev–Trinajstić information content (AvgIpc) is 3.08. The number of hydrogen-bond donors (Lipinski definition) is 3. The second-order valence-electron chi connectivity index (χ2n) is 13.0. The van der Waals surface area contributed by atoms with Crippen LogP contribution >= 0.6 is 11.6 Å². The van der Waals surface area contributed by atoms with E-state index in [0.717, 1.165) is 63.1 Å². The highest BCUT2D eigenvalue weighted by Crippen LogP contribution is 2.31. The van der Waals surface area contributed by atoms with Gasteiger partial charge in [-0.2, -0.15) is 0 Å². The van der Waals surface area contributed by atoms with Crippen molar-refractivity contribution in [2.45, 2.75) is 64.7 Å². The van der Waals surface area contributed by atoms with Crippen molar-refractivity contribution in [1.82, 2.24) is 25.1 Å². The molecular formula is C34H44ClF3N8O3S. The molecule has 2 aliphatic heterocycles. The van der Waals surface area contributed by atoms with Gasteiger partial charge in [-0.1, -0.05) is 36.7 Å². The Hall–Kier alpha value is -3.50. The summed E-state index contributed by atoms with van der Waals surface area (Å²) >= 11 is 6.68. The van der Waals surface area contributed by atoms with Gasteiger partial charge >= 0.3 is 0 Å². The third-order valence-corrected chi connectivity index (χ3v) is 10.5. The molecule has 2 aromatic carbocycles. The van der Waals surface area contributed by atoms with E-state index < -0.39 is 27.6 Å². The van der Waals surface area contributed by atoms with Crippen molar-refractivity contribution >= 4 is 39.2 Å². The third kappa shape index (κ3) is 9.84. The van der Waals surface area contributed by atoms with E-state index in [9.17, 15) is 26.4 Å². The number of piperidine rings is 1. The lowest BCUT2D eigenvalue weighted by atomic mass is 9.97. The molecule has 0 spiro atoms. The van der Waals surface area contributed by atoms with Gasteiger partial charge in [0.05, 0.1) is 5.75 Å². The van der Waals surface area contributed by atoms with Gasteiger partial charge in [0.25, 0.3) is 5.91 Å². The van der Waals surface area contributed by atoms with Crippen molar-refractivity contribution in [3.8, 4) is 0 Å². The minimum Gasteiger partial charge on any atom is -0.364 e. The Morgan fingerprint density at radius 2 is 1.72 bits per heavy atom. The smallest absolute Gasteiger partial charge is 0.273 e. The maximum absolute atomic E-state index is 13.9. The molecule has 2 aliphatic rings. The van der Waals surface area contributed by atoms with Gasteiger partial charge in [-0.15, -0.1) is 0 Å². The van der Waals surface area contributed by atoms with Crippen LogP contribution in [0.2, 0.25) is 5.15 Å². The van der Waals surface area contributed by atoms with Gasteiger partial charge in [0.1, 0.15) is 5.82 Å². The number of piperazine rings is 1. The quantitative estimate of drug-likeness (QED) is 0.218. The first-order valence-electron chi connectivity index (χ1n) is 16.8. The molecular weight excluding hydrogens is 693 g/mol. The van der Waals surface area contributed by atoms with Gasteiger partial charge < -0.3 is 15.5 Å².